The number of piperidine rings is 1. The number of rotatable bonds is 37. The fourth-order valence-corrected chi connectivity index (χ4v) is 25.3. The Morgan fingerprint density at radius 2 is 1.10 bits per heavy atom. The van der Waals surface area contributed by atoms with Gasteiger partial charge in [-0.15, -0.1) is 35.8 Å². The van der Waals surface area contributed by atoms with Crippen molar-refractivity contribution in [2.75, 3.05) is 98.2 Å². The predicted octanol–water partition coefficient (Wildman–Crippen LogP) is 19.0. The van der Waals surface area contributed by atoms with E-state index in [-0.39, 0.29) is 110 Å². The lowest BCUT2D eigenvalue weighted by atomic mass is 9.77. The summed E-state index contributed by atoms with van der Waals surface area (Å²) in [6.07, 6.45) is 11.9. The molecule has 7 aromatic rings. The molecule has 31 nitrogen and oxygen atoms in total. The molecule has 4 aliphatic heterocycles. The van der Waals surface area contributed by atoms with Gasteiger partial charge in [-0.05, 0) is 213 Å². The maximum atomic E-state index is 15.0. The number of likely N-dealkylation sites (tertiary alicyclic amines) is 3. The van der Waals surface area contributed by atoms with Gasteiger partial charge in [-0.2, -0.15) is 8.42 Å². The van der Waals surface area contributed by atoms with Crippen molar-refractivity contribution in [1.82, 2.24) is 44.4 Å². The summed E-state index contributed by atoms with van der Waals surface area (Å²) in [7, 11) is -1.64. The van der Waals surface area contributed by atoms with Crippen molar-refractivity contribution in [2.24, 2.45) is 74.9 Å². The van der Waals surface area contributed by atoms with Gasteiger partial charge in [0.05, 0.1) is 118 Å². The van der Waals surface area contributed by atoms with Crippen molar-refractivity contribution in [2.45, 2.75) is 259 Å². The van der Waals surface area contributed by atoms with Gasteiger partial charge in [0.25, 0.3) is 10.1 Å². The Morgan fingerprint density at radius 1 is 0.589 bits per heavy atom. The molecule has 37 heteroatoms. The van der Waals surface area contributed by atoms with Crippen LogP contribution in [0.5, 0.6) is 17.2 Å². The van der Waals surface area contributed by atoms with E-state index < -0.39 is 109 Å². The molecule has 0 radical (unpaired) electrons. The van der Waals surface area contributed by atoms with Crippen LogP contribution in [0.15, 0.2) is 111 Å². The van der Waals surface area contributed by atoms with Crippen LogP contribution in [0, 0.1) is 74.9 Å². The lowest BCUT2D eigenvalue weighted by molar-refractivity contribution is -0.157. The second-order valence-electron chi connectivity index (χ2n) is 45.0. The zero-order valence-electron chi connectivity index (χ0n) is 86.5. The molecule has 6 saturated carbocycles. The maximum Gasteiger partial charge on any atom is 0.410 e. The van der Waals surface area contributed by atoms with E-state index in [4.69, 9.17) is 75.2 Å². The monoisotopic (exact) mass is 2170 g/mol. The maximum absolute atomic E-state index is 15.0. The van der Waals surface area contributed by atoms with Gasteiger partial charge in [-0.1, -0.05) is 113 Å². The number of aromatic nitrogens is 4. The molecule has 3 amide bonds. The lowest BCUT2D eigenvalue weighted by Crippen LogP contribution is -2.50. The van der Waals surface area contributed by atoms with Crippen molar-refractivity contribution < 1.29 is 93.6 Å². The number of carbonyl (C=O) groups is 9. The molecule has 146 heavy (non-hydrogen) atoms. The highest BCUT2D eigenvalue weighted by atomic mass is 79.9. The largest absolute Gasteiger partial charge is 0.491 e. The number of benzene rings is 3. The molecule has 0 spiro atoms. The standard InChI is InChI=1S/C50H65ClN4O8S.C33H42BrNO9S.C26H34ClN5O4S/c1-8-32-25-50(32,48(59)60-7)26-40(56)39-22-34(27-55(39)47(58)36(49(4,5)6)23-44(57)63-33-20-30-19-31(30)21-33)62-42-24-37(38-28-64-43(52-38)18-29(2)3)53-46-35(42)12-13-41(45(46)51)61-17-16-54-14-10-9-11-15-54;1-6-21-16-33(21,31(39)42-5)17-28(36)27-14-24(44-45(40,41)25-9-7-22(34)8-10-25)18-35(27)30(38)26(32(2,3)4)15-29(37)43-23-12-19-11-20(19)13-23;1-16(2)28-24-30-19(15-37-24)18-14-20(33)17-6-7-21(22(27)23(17)29-18)35-13-12-31-8-10-32(11-9-31)25(34)36-26(3,4)5/h8,12-13,24,28-34,36,39H,1,9-11,14-23,25-27H2,2-7H3;6-10,19-21,23-24,26-27H,1,11-18H2,2-5H3;6-7,14-16H,8-13H2,1-5H3,(H,28,30)(H,29,33)/t30-,31+,32-,33?,34-,36-,39+,50?;19-,20+,21-,23?,24+,26-,27+,33?;/m11./s1. The number of fused-ring (bicyclic) bond motifs is 4. The summed E-state index contributed by atoms with van der Waals surface area (Å²) in [5.41, 5.74) is -0.467. The predicted molar refractivity (Wildman–Crippen MR) is 564 cm³/mol. The van der Waals surface area contributed by atoms with Crippen LogP contribution in [-0.4, -0.2) is 247 Å². The first kappa shape index (κ1) is 111. The number of amides is 3. The normalized spacial score (nSPS) is 25.2. The van der Waals surface area contributed by atoms with Crippen LogP contribution in [0.3, 0.4) is 0 Å². The molecule has 17 rings (SSSR count). The van der Waals surface area contributed by atoms with Gasteiger partial charge in [0.15, 0.2) is 22.1 Å². The highest BCUT2D eigenvalue weighted by Gasteiger charge is 2.64. The smallest absolute Gasteiger partial charge is 0.410 e. The molecule has 16 atom stereocenters. The van der Waals surface area contributed by atoms with Gasteiger partial charge in [-0.3, -0.25) is 57.1 Å². The molecule has 792 valence electrons. The molecule has 4 aromatic heterocycles. The van der Waals surface area contributed by atoms with Crippen LogP contribution in [0.1, 0.15) is 204 Å². The first-order valence-electron chi connectivity index (χ1n) is 51.3. The number of Topliss-reactive ketones (excluding diaryl/α,β-unsaturated/α-hetero) is 2. The van der Waals surface area contributed by atoms with Crippen molar-refractivity contribution in [1.29, 1.82) is 0 Å². The topological polar surface area (TPSA) is 371 Å². The fourth-order valence-electron chi connectivity index (χ4n) is 21.6. The van der Waals surface area contributed by atoms with E-state index in [9.17, 15) is 56.4 Å². The number of allylic oxidation sites excluding steroid dienone is 2. The summed E-state index contributed by atoms with van der Waals surface area (Å²) in [4.78, 5) is 162. The number of carbonyl (C=O) groups excluding carboxylic acids is 9. The van der Waals surface area contributed by atoms with Crippen LogP contribution >= 0.6 is 61.8 Å². The molecule has 0 bridgehead atoms. The highest BCUT2D eigenvalue weighted by Crippen LogP contribution is 2.60. The Labute approximate surface area is 882 Å². The minimum atomic E-state index is -4.23. The number of halogens is 3. The van der Waals surface area contributed by atoms with Crippen LogP contribution in [0.4, 0.5) is 9.93 Å². The van der Waals surface area contributed by atoms with Crippen LogP contribution in [-0.2, 0) is 82.8 Å². The van der Waals surface area contributed by atoms with Crippen LogP contribution in [0.2, 0.25) is 10.0 Å². The van der Waals surface area contributed by atoms with Gasteiger partial charge in [0.1, 0.15) is 64.4 Å². The lowest BCUT2D eigenvalue weighted by Gasteiger charge is -2.35. The van der Waals surface area contributed by atoms with Crippen molar-refractivity contribution in [3.05, 3.63) is 126 Å². The number of methoxy groups -OCH3 is 2. The SMILES string of the molecule is C=C[C@@H]1CC1(CC(=O)[C@@H]1C[C@@H](Oc2cc(-c3csc(CC(C)C)n3)nc3c(Cl)c(OCCN4CCCCC4)ccc23)CN1C(=O)[C@@H](CC(=O)OC1C[C@@H]2C[C@@H]2C1)C(C)(C)C)C(=O)OC.C=C[C@@H]1CC1(CC(=O)[C@@H]1C[C@H](OS(=O)(=O)c2ccc(Br)cc2)CN1C(=O)[C@@H](CC(=O)OC1C[C@@H]2C[C@@H]2C1)C(C)(C)C)C(=O)OC.CC(C)Nc1nc(-c2cc(=O)c3ccc(OCCN4CCN(C(=O)OC(C)(C)C)CC4)c(Cl)c3[nH]2)cs1. The Morgan fingerprint density at radius 3 is 1.60 bits per heavy atom. The number of ketones is 2. The first-order chi connectivity index (χ1) is 69.1. The van der Waals surface area contributed by atoms with Gasteiger partial charge in [0.2, 0.25) is 11.8 Å². The van der Waals surface area contributed by atoms with E-state index >= 15 is 0 Å². The second-order valence-corrected chi connectivity index (χ2v) is 50.1. The summed E-state index contributed by atoms with van der Waals surface area (Å²) >= 11 is 20.2. The van der Waals surface area contributed by atoms with Gasteiger partial charge in [-0.25, -0.2) is 19.7 Å². The summed E-state index contributed by atoms with van der Waals surface area (Å²) in [5.74, 6) is -0.853. The third kappa shape index (κ3) is 26.9. The number of hydrogen-bond donors (Lipinski definition) is 2. The number of aromatic amines is 1. The molecular weight excluding hydrogens is 2030 g/mol. The van der Waals surface area contributed by atoms with E-state index in [1.54, 1.807) is 63.6 Å². The number of esters is 4. The fraction of sp³-hybridized carbons (Fsp3) is 0.606. The van der Waals surface area contributed by atoms with E-state index in [0.717, 1.165) is 75.0 Å². The number of hydrogen-bond acceptors (Lipinski definition) is 29. The third-order valence-corrected chi connectivity index (χ3v) is 34.4. The molecule has 6 aliphatic carbocycles. The molecule has 3 aromatic carbocycles. The summed E-state index contributed by atoms with van der Waals surface area (Å²) in [6.45, 7) is 40.2. The van der Waals surface area contributed by atoms with Crippen LogP contribution < -0.4 is 25.0 Å². The number of anilines is 1. The van der Waals surface area contributed by atoms with E-state index in [1.807, 2.05) is 105 Å². The van der Waals surface area contributed by atoms with Crippen molar-refractivity contribution in [3.63, 3.8) is 0 Å². The summed E-state index contributed by atoms with van der Waals surface area (Å²) < 4.78 is 79.2. The summed E-state index contributed by atoms with van der Waals surface area (Å²) in [6, 6.07) is 14.8. The molecule has 10 fully saturated rings. The minimum absolute atomic E-state index is 0.0605. The van der Waals surface area contributed by atoms with Gasteiger partial charge < -0.3 is 62.9 Å². The zero-order valence-corrected chi connectivity index (χ0v) is 92.0. The number of thiazole rings is 2. The average Bonchev–Trinajstić information content (AvgIpc) is 1.58. The summed E-state index contributed by atoms with van der Waals surface area (Å²) in [5, 5.41) is 10.8. The van der Waals surface area contributed by atoms with E-state index in [2.05, 4.69) is 68.0 Å². The second kappa shape index (κ2) is 46.2. The third-order valence-electron chi connectivity index (χ3n) is 30.1. The Bertz CT molecular complexity index is 6160. The minimum Gasteiger partial charge on any atom is -0.491 e. The van der Waals surface area contributed by atoms with E-state index in [1.165, 1.54) is 74.7 Å². The van der Waals surface area contributed by atoms with Crippen molar-refractivity contribution >= 4 is 152 Å². The van der Waals surface area contributed by atoms with Crippen LogP contribution in [0.25, 0.3) is 44.6 Å². The van der Waals surface area contributed by atoms with E-state index in [0.29, 0.717) is 152 Å². The molecule has 8 heterocycles. The molecule has 2 N–H and O–H groups in total. The van der Waals surface area contributed by atoms with Gasteiger partial charge in [0, 0.05) is 122 Å². The Balaban J connectivity index is 0.000000172. The number of piperazine rings is 1. The number of H-pyrrole nitrogens is 1. The number of pyridine rings is 2. The Kier molecular flexibility index (Phi) is 35.0. The zero-order chi connectivity index (χ0) is 105. The molecule has 4 saturated heterocycles. The molecule has 10 aliphatic rings. The number of nitrogens with zero attached hydrogens (tertiary/aromatic N) is 8. The molecule has 4 unspecified atom stereocenters. The quantitative estimate of drug-likeness (QED) is 0.0158. The Hall–Kier alpha value is -9.46. The average molecular weight is 2170 g/mol. The van der Waals surface area contributed by atoms with Crippen molar-refractivity contribution in [3.8, 4) is 40.0 Å². The molecular formula is C109H141BrCl2N10O21S3. The first-order valence-corrected chi connectivity index (χ1v) is 56.0. The number of ether oxygens (including phenoxy) is 8. The van der Waals surface area contributed by atoms with Gasteiger partial charge >= 0.3 is 30.0 Å². The number of nitrogens with one attached hydrogen (secondary N) is 2. The highest BCUT2D eigenvalue weighted by molar-refractivity contribution is 9.10.